The molecule has 2 rings (SSSR count). The van der Waals surface area contributed by atoms with E-state index in [2.05, 4.69) is 14.8 Å². The van der Waals surface area contributed by atoms with Gasteiger partial charge in [0.15, 0.2) is 17.6 Å². The molecule has 1 amide bonds. The number of ether oxygens (including phenoxy) is 4. The first-order chi connectivity index (χ1) is 13.4. The lowest BCUT2D eigenvalue weighted by atomic mass is 10.1. The van der Waals surface area contributed by atoms with Gasteiger partial charge in [0.2, 0.25) is 0 Å². The summed E-state index contributed by atoms with van der Waals surface area (Å²) in [5.74, 6) is -0.892. The van der Waals surface area contributed by atoms with Crippen LogP contribution in [0.5, 0.6) is 11.5 Å². The summed E-state index contributed by atoms with van der Waals surface area (Å²) >= 11 is 0. The van der Waals surface area contributed by atoms with E-state index in [1.54, 1.807) is 31.2 Å². The minimum Gasteiger partial charge on any atom is -0.493 e. The minimum absolute atomic E-state index is 0.0963. The highest BCUT2D eigenvalue weighted by atomic mass is 16.5. The Bertz CT molecular complexity index is 844. The van der Waals surface area contributed by atoms with Crippen LogP contribution in [0.2, 0.25) is 0 Å². The number of amides is 1. The standard InChI is InChI=1S/C20H21NO7/c1-12(28-17-8-6-5-7-16(17)25-2)18(22)21-15-10-13(19(23)26-3)9-14(11-15)20(24)27-4/h5-12H,1-4H3,(H,21,22)/t12-/m1/s1. The second-order valence-electron chi connectivity index (χ2n) is 5.68. The molecule has 28 heavy (non-hydrogen) atoms. The fraction of sp³-hybridized carbons (Fsp3) is 0.250. The van der Waals surface area contributed by atoms with Crippen LogP contribution in [0.1, 0.15) is 27.6 Å². The van der Waals surface area contributed by atoms with Gasteiger partial charge in [-0.25, -0.2) is 9.59 Å². The van der Waals surface area contributed by atoms with E-state index in [4.69, 9.17) is 9.47 Å². The molecule has 0 aliphatic heterocycles. The second-order valence-corrected chi connectivity index (χ2v) is 5.68. The maximum atomic E-state index is 12.5. The van der Waals surface area contributed by atoms with Crippen LogP contribution >= 0.6 is 0 Å². The first-order valence-electron chi connectivity index (χ1n) is 8.31. The van der Waals surface area contributed by atoms with E-state index in [1.807, 2.05) is 0 Å². The molecule has 0 saturated carbocycles. The quantitative estimate of drug-likeness (QED) is 0.729. The Kier molecular flexibility index (Phi) is 6.97. The van der Waals surface area contributed by atoms with Crippen LogP contribution in [-0.2, 0) is 14.3 Å². The average Bonchev–Trinajstić information content (AvgIpc) is 2.72. The van der Waals surface area contributed by atoms with E-state index >= 15 is 0 Å². The average molecular weight is 387 g/mol. The smallest absolute Gasteiger partial charge is 0.337 e. The third-order valence-electron chi connectivity index (χ3n) is 3.78. The van der Waals surface area contributed by atoms with E-state index in [0.29, 0.717) is 11.5 Å². The normalized spacial score (nSPS) is 11.1. The van der Waals surface area contributed by atoms with Crippen LogP contribution < -0.4 is 14.8 Å². The molecule has 0 spiro atoms. The fourth-order valence-corrected chi connectivity index (χ4v) is 2.38. The molecular formula is C20H21NO7. The molecule has 2 aromatic rings. The summed E-state index contributed by atoms with van der Waals surface area (Å²) in [5.41, 5.74) is 0.418. The van der Waals surface area contributed by atoms with Gasteiger partial charge in [0, 0.05) is 5.69 Å². The number of benzene rings is 2. The number of esters is 2. The number of methoxy groups -OCH3 is 3. The molecule has 0 aromatic heterocycles. The molecule has 0 unspecified atom stereocenters. The first-order valence-corrected chi connectivity index (χ1v) is 8.31. The van der Waals surface area contributed by atoms with Crippen LogP contribution in [0.4, 0.5) is 5.69 Å². The summed E-state index contributed by atoms with van der Waals surface area (Å²) in [6.45, 7) is 1.56. The predicted molar refractivity (Wildman–Crippen MR) is 101 cm³/mol. The molecule has 1 atom stereocenters. The largest absolute Gasteiger partial charge is 0.493 e. The zero-order chi connectivity index (χ0) is 20.7. The van der Waals surface area contributed by atoms with Crippen molar-refractivity contribution in [3.8, 4) is 11.5 Å². The molecule has 0 aliphatic rings. The van der Waals surface area contributed by atoms with Crippen LogP contribution in [0, 0.1) is 0 Å². The second kappa shape index (κ2) is 9.40. The van der Waals surface area contributed by atoms with Gasteiger partial charge < -0.3 is 24.3 Å². The molecule has 2 aromatic carbocycles. The van der Waals surface area contributed by atoms with Crippen LogP contribution in [-0.4, -0.2) is 45.3 Å². The summed E-state index contributed by atoms with van der Waals surface area (Å²) in [5, 5.41) is 2.62. The van der Waals surface area contributed by atoms with Crippen molar-refractivity contribution < 1.29 is 33.3 Å². The van der Waals surface area contributed by atoms with E-state index in [0.717, 1.165) is 0 Å². The summed E-state index contributed by atoms with van der Waals surface area (Å²) in [6, 6.07) is 11.0. The van der Waals surface area contributed by atoms with Gasteiger partial charge in [0.05, 0.1) is 32.5 Å². The molecule has 0 aliphatic carbocycles. The van der Waals surface area contributed by atoms with Gasteiger partial charge in [-0.15, -0.1) is 0 Å². The Hall–Kier alpha value is -3.55. The highest BCUT2D eigenvalue weighted by molar-refractivity contribution is 6.00. The van der Waals surface area contributed by atoms with Gasteiger partial charge in [-0.1, -0.05) is 12.1 Å². The third-order valence-corrected chi connectivity index (χ3v) is 3.78. The topological polar surface area (TPSA) is 100 Å². The lowest BCUT2D eigenvalue weighted by Crippen LogP contribution is -2.30. The van der Waals surface area contributed by atoms with Gasteiger partial charge in [-0.3, -0.25) is 4.79 Å². The highest BCUT2D eigenvalue weighted by Gasteiger charge is 2.19. The van der Waals surface area contributed by atoms with Crippen LogP contribution in [0.3, 0.4) is 0 Å². The number of carbonyl (C=O) groups excluding carboxylic acids is 3. The molecule has 1 N–H and O–H groups in total. The summed E-state index contributed by atoms with van der Waals surface area (Å²) < 4.78 is 20.2. The SMILES string of the molecule is COC(=O)c1cc(NC(=O)[C@@H](C)Oc2ccccc2OC)cc(C(=O)OC)c1. The van der Waals surface area contributed by atoms with Gasteiger partial charge in [-0.05, 0) is 37.3 Å². The van der Waals surface area contributed by atoms with Crippen molar-refractivity contribution in [2.45, 2.75) is 13.0 Å². The Morgan fingerprint density at radius 1 is 0.857 bits per heavy atom. The summed E-state index contributed by atoms with van der Waals surface area (Å²) in [7, 11) is 3.93. The molecule has 0 heterocycles. The third kappa shape index (κ3) is 5.00. The number of hydrogen-bond donors (Lipinski definition) is 1. The van der Waals surface area contributed by atoms with Crippen molar-refractivity contribution in [3.05, 3.63) is 53.6 Å². The van der Waals surface area contributed by atoms with Crippen LogP contribution in [0.25, 0.3) is 0 Å². The summed E-state index contributed by atoms with van der Waals surface area (Å²) in [4.78, 5) is 36.2. The van der Waals surface area contributed by atoms with Gasteiger partial charge >= 0.3 is 11.9 Å². The van der Waals surface area contributed by atoms with Crippen molar-refractivity contribution in [1.29, 1.82) is 0 Å². The van der Waals surface area contributed by atoms with E-state index in [1.165, 1.54) is 39.5 Å². The van der Waals surface area contributed by atoms with Crippen molar-refractivity contribution in [3.63, 3.8) is 0 Å². The van der Waals surface area contributed by atoms with Gasteiger partial charge in [-0.2, -0.15) is 0 Å². The zero-order valence-corrected chi connectivity index (χ0v) is 16.0. The predicted octanol–water partition coefficient (Wildman–Crippen LogP) is 2.67. The molecule has 0 radical (unpaired) electrons. The first kappa shape index (κ1) is 20.8. The molecule has 148 valence electrons. The lowest BCUT2D eigenvalue weighted by molar-refractivity contribution is -0.122. The van der Waals surface area contributed by atoms with E-state index in [-0.39, 0.29) is 16.8 Å². The van der Waals surface area contributed by atoms with Gasteiger partial charge in [0.25, 0.3) is 5.91 Å². The van der Waals surface area contributed by atoms with Gasteiger partial charge in [0.1, 0.15) is 0 Å². The zero-order valence-electron chi connectivity index (χ0n) is 16.0. The Morgan fingerprint density at radius 2 is 1.39 bits per heavy atom. The molecule has 8 heteroatoms. The molecular weight excluding hydrogens is 366 g/mol. The number of nitrogens with one attached hydrogen (secondary N) is 1. The van der Waals surface area contributed by atoms with Crippen molar-refractivity contribution >= 4 is 23.5 Å². The fourth-order valence-electron chi connectivity index (χ4n) is 2.38. The highest BCUT2D eigenvalue weighted by Crippen LogP contribution is 2.27. The maximum absolute atomic E-state index is 12.5. The van der Waals surface area contributed by atoms with Crippen molar-refractivity contribution in [2.24, 2.45) is 0 Å². The summed E-state index contributed by atoms with van der Waals surface area (Å²) in [6.07, 6.45) is -0.875. The maximum Gasteiger partial charge on any atom is 0.337 e. The van der Waals surface area contributed by atoms with E-state index < -0.39 is 23.9 Å². The Morgan fingerprint density at radius 3 is 1.89 bits per heavy atom. The Labute approximate surface area is 162 Å². The molecule has 8 nitrogen and oxygen atoms in total. The number of hydrogen-bond acceptors (Lipinski definition) is 7. The van der Waals surface area contributed by atoms with Crippen LogP contribution in [0.15, 0.2) is 42.5 Å². The molecule has 0 saturated heterocycles. The minimum atomic E-state index is -0.875. The number of para-hydroxylation sites is 2. The number of carbonyl (C=O) groups is 3. The Balaban J connectivity index is 2.21. The number of anilines is 1. The van der Waals surface area contributed by atoms with E-state index in [9.17, 15) is 14.4 Å². The van der Waals surface area contributed by atoms with Crippen molar-refractivity contribution in [1.82, 2.24) is 0 Å². The monoisotopic (exact) mass is 387 g/mol. The number of rotatable bonds is 7. The molecule has 0 fully saturated rings. The lowest BCUT2D eigenvalue weighted by Gasteiger charge is -2.17. The van der Waals surface area contributed by atoms with Crippen molar-refractivity contribution in [2.75, 3.05) is 26.6 Å². The molecule has 0 bridgehead atoms.